The number of hydrogen-bond donors (Lipinski definition) is 0. The summed E-state index contributed by atoms with van der Waals surface area (Å²) in [5.74, 6) is -0.254. The normalized spacial score (nSPS) is 18.3. The summed E-state index contributed by atoms with van der Waals surface area (Å²) in [5.41, 5.74) is 4.49. The van der Waals surface area contributed by atoms with Crippen LogP contribution in [0.2, 0.25) is 0 Å². The summed E-state index contributed by atoms with van der Waals surface area (Å²) in [7, 11) is 0. The number of quaternary nitrogens is 1. The third-order valence-corrected chi connectivity index (χ3v) is 6.62. The van der Waals surface area contributed by atoms with Gasteiger partial charge >= 0.3 is 5.97 Å². The Kier molecular flexibility index (Phi) is 6.28. The van der Waals surface area contributed by atoms with Crippen molar-refractivity contribution in [1.29, 1.82) is 0 Å². The Morgan fingerprint density at radius 2 is 1.77 bits per heavy atom. The van der Waals surface area contributed by atoms with Crippen molar-refractivity contribution < 1.29 is 14.3 Å². The number of fused-ring (bicyclic) bond motifs is 1. The van der Waals surface area contributed by atoms with Crippen molar-refractivity contribution in [2.75, 3.05) is 18.0 Å². The molecule has 0 aliphatic carbocycles. The van der Waals surface area contributed by atoms with Crippen LogP contribution >= 0.6 is 0 Å². The minimum Gasteiger partial charge on any atom is -0.317 e. The number of rotatable bonds is 6. The maximum absolute atomic E-state index is 13.1. The van der Waals surface area contributed by atoms with E-state index in [0.29, 0.717) is 10.2 Å². The van der Waals surface area contributed by atoms with Gasteiger partial charge in [0.2, 0.25) is 6.17 Å². The lowest BCUT2D eigenvalue weighted by Crippen LogP contribution is -2.67. The number of nitrogens with zero attached hydrogens (tertiary/aromatic N) is 2. The third-order valence-electron chi connectivity index (χ3n) is 6.62. The van der Waals surface area contributed by atoms with Crippen molar-refractivity contribution in [3.63, 3.8) is 0 Å². The number of hydrogen-bond acceptors (Lipinski definition) is 3. The van der Waals surface area contributed by atoms with Gasteiger partial charge in [-0.2, -0.15) is 0 Å². The van der Waals surface area contributed by atoms with Crippen LogP contribution in [-0.2, 0) is 10.3 Å². The van der Waals surface area contributed by atoms with Gasteiger partial charge in [-0.05, 0) is 69.4 Å². The van der Waals surface area contributed by atoms with Crippen molar-refractivity contribution >= 4 is 11.7 Å². The second-order valence-electron chi connectivity index (χ2n) is 9.42. The molecule has 0 N–H and O–H groups in total. The van der Waals surface area contributed by atoms with E-state index < -0.39 is 0 Å². The molecule has 1 unspecified atom stereocenters. The fraction of sp³-hybridized carbons (Fsp3) is 0.500. The Balaban J connectivity index is 2.09. The number of carbonyl (C=O) groups excluding carboxylic acids is 1. The molecule has 4 heteroatoms. The average molecular weight is 410 g/mol. The number of carbonyl (C=O) groups is 1. The van der Waals surface area contributed by atoms with Crippen LogP contribution < -0.4 is 4.90 Å². The molecule has 0 radical (unpaired) electrons. The highest BCUT2D eigenvalue weighted by Crippen LogP contribution is 2.46. The zero-order chi connectivity index (χ0) is 22.1. The quantitative estimate of drug-likeness (QED) is 0.443. The van der Waals surface area contributed by atoms with Gasteiger partial charge in [0, 0.05) is 18.2 Å². The highest BCUT2D eigenvalue weighted by atomic mass is 16.7. The second-order valence-corrected chi connectivity index (χ2v) is 9.42. The largest absolute Gasteiger partial charge is 0.397 e. The van der Waals surface area contributed by atoms with Gasteiger partial charge in [0.1, 0.15) is 13.1 Å². The lowest BCUT2D eigenvalue weighted by atomic mass is 9.75. The summed E-state index contributed by atoms with van der Waals surface area (Å²) in [6.07, 6.45) is 0.974. The molecule has 0 fully saturated rings. The van der Waals surface area contributed by atoms with E-state index in [-0.39, 0.29) is 23.6 Å². The SMILES string of the molecule is CC[N+](CC)(OC(=O)c1ccccc1)C1CC(C)(C)c2ccc(C)cc2N1C(C)C. The first-order chi connectivity index (χ1) is 14.1. The van der Waals surface area contributed by atoms with Gasteiger partial charge in [0.15, 0.2) is 0 Å². The Hall–Kier alpha value is -2.33. The maximum atomic E-state index is 13.1. The topological polar surface area (TPSA) is 29.5 Å². The van der Waals surface area contributed by atoms with Crippen LogP contribution in [0, 0.1) is 6.92 Å². The molecule has 1 aliphatic rings. The maximum Gasteiger partial charge on any atom is 0.397 e. The molecule has 1 atom stereocenters. The zero-order valence-corrected chi connectivity index (χ0v) is 19.6. The summed E-state index contributed by atoms with van der Waals surface area (Å²) < 4.78 is 0.294. The van der Waals surface area contributed by atoms with E-state index in [1.165, 1.54) is 16.8 Å². The van der Waals surface area contributed by atoms with E-state index in [4.69, 9.17) is 4.84 Å². The Morgan fingerprint density at radius 1 is 1.13 bits per heavy atom. The van der Waals surface area contributed by atoms with E-state index in [9.17, 15) is 4.79 Å². The van der Waals surface area contributed by atoms with Crippen molar-refractivity contribution in [2.24, 2.45) is 0 Å². The standard InChI is InChI=1S/C26H37N2O2/c1-8-28(9-2,30-25(29)21-13-11-10-12-14-21)24-18-26(6,7)22-16-15-20(5)17-23(22)27(24)19(3)4/h10-17,19,24H,8-9,18H2,1-7H3/q+1. The first-order valence-corrected chi connectivity index (χ1v) is 11.2. The van der Waals surface area contributed by atoms with E-state index in [1.54, 1.807) is 0 Å². The number of hydroxylamine groups is 3. The summed E-state index contributed by atoms with van der Waals surface area (Å²) in [4.78, 5) is 21.9. The molecule has 2 aromatic carbocycles. The van der Waals surface area contributed by atoms with Gasteiger partial charge in [-0.15, -0.1) is 4.65 Å². The summed E-state index contributed by atoms with van der Waals surface area (Å²) in [6, 6.07) is 16.4. The first kappa shape index (κ1) is 22.4. The molecule has 2 aromatic rings. The molecule has 162 valence electrons. The second kappa shape index (κ2) is 8.43. The Morgan fingerprint density at radius 3 is 2.33 bits per heavy atom. The minimum absolute atomic E-state index is 0.00785. The van der Waals surface area contributed by atoms with Crippen molar-refractivity contribution in [2.45, 2.75) is 72.5 Å². The van der Waals surface area contributed by atoms with Crippen LogP contribution in [0.5, 0.6) is 0 Å². The molecular formula is C26H37N2O2+. The molecule has 0 saturated heterocycles. The molecular weight excluding hydrogens is 372 g/mol. The van der Waals surface area contributed by atoms with Gasteiger partial charge in [-0.25, -0.2) is 4.79 Å². The lowest BCUT2D eigenvalue weighted by molar-refractivity contribution is -1.10. The van der Waals surface area contributed by atoms with Gasteiger partial charge in [-0.1, -0.05) is 44.2 Å². The Bertz CT molecular complexity index is 885. The highest BCUT2D eigenvalue weighted by Gasteiger charge is 2.51. The molecule has 0 saturated carbocycles. The van der Waals surface area contributed by atoms with E-state index >= 15 is 0 Å². The smallest absolute Gasteiger partial charge is 0.317 e. The molecule has 3 rings (SSSR count). The fourth-order valence-electron chi connectivity index (χ4n) is 4.90. The minimum atomic E-state index is -0.254. The zero-order valence-electron chi connectivity index (χ0n) is 19.6. The van der Waals surface area contributed by atoms with Crippen LogP contribution in [0.15, 0.2) is 48.5 Å². The van der Waals surface area contributed by atoms with Crippen LogP contribution in [0.3, 0.4) is 0 Å². The van der Waals surface area contributed by atoms with Crippen molar-refractivity contribution in [3.8, 4) is 0 Å². The van der Waals surface area contributed by atoms with Gasteiger partial charge in [0.25, 0.3) is 0 Å². The van der Waals surface area contributed by atoms with Crippen LogP contribution in [0.25, 0.3) is 0 Å². The van der Waals surface area contributed by atoms with E-state index in [2.05, 4.69) is 71.6 Å². The number of aryl methyl sites for hydroxylation is 1. The summed E-state index contributed by atoms with van der Waals surface area (Å²) in [5, 5.41) is 0. The van der Waals surface area contributed by atoms with Crippen molar-refractivity contribution in [3.05, 3.63) is 65.2 Å². The predicted octanol–water partition coefficient (Wildman–Crippen LogP) is 5.85. The van der Waals surface area contributed by atoms with E-state index in [0.717, 1.165) is 19.5 Å². The number of benzene rings is 2. The molecule has 0 aromatic heterocycles. The first-order valence-electron chi connectivity index (χ1n) is 11.2. The van der Waals surface area contributed by atoms with Gasteiger partial charge in [0.05, 0.1) is 5.56 Å². The van der Waals surface area contributed by atoms with Crippen LogP contribution in [0.1, 0.15) is 69.4 Å². The molecule has 30 heavy (non-hydrogen) atoms. The summed E-state index contributed by atoms with van der Waals surface area (Å²) >= 11 is 0. The number of anilines is 1. The molecule has 1 aliphatic heterocycles. The third kappa shape index (κ3) is 3.98. The monoisotopic (exact) mass is 409 g/mol. The van der Waals surface area contributed by atoms with E-state index in [1.807, 2.05) is 30.3 Å². The summed E-state index contributed by atoms with van der Waals surface area (Å²) in [6.45, 7) is 16.9. The molecule has 0 amide bonds. The van der Waals surface area contributed by atoms with Gasteiger partial charge in [-0.3, -0.25) is 4.84 Å². The fourth-order valence-corrected chi connectivity index (χ4v) is 4.90. The van der Waals surface area contributed by atoms with Crippen LogP contribution in [0.4, 0.5) is 5.69 Å². The molecule has 0 bridgehead atoms. The van der Waals surface area contributed by atoms with Crippen molar-refractivity contribution in [1.82, 2.24) is 0 Å². The van der Waals surface area contributed by atoms with Crippen LogP contribution in [-0.4, -0.2) is 35.9 Å². The molecule has 1 heterocycles. The molecule has 0 spiro atoms. The highest BCUT2D eigenvalue weighted by molar-refractivity contribution is 5.88. The Labute approximate surface area is 182 Å². The average Bonchev–Trinajstić information content (AvgIpc) is 2.71. The lowest BCUT2D eigenvalue weighted by Gasteiger charge is -2.53. The molecule has 4 nitrogen and oxygen atoms in total. The predicted molar refractivity (Wildman–Crippen MR) is 123 cm³/mol. The van der Waals surface area contributed by atoms with Gasteiger partial charge < -0.3 is 4.90 Å².